The van der Waals surface area contributed by atoms with Crippen molar-refractivity contribution in [2.45, 2.75) is 152 Å². The molecule has 10 rings (SSSR count). The van der Waals surface area contributed by atoms with Crippen LogP contribution in [-0.4, -0.2) is 108 Å². The second kappa shape index (κ2) is 14.1. The van der Waals surface area contributed by atoms with E-state index in [4.69, 9.17) is 48.0 Å². The van der Waals surface area contributed by atoms with Crippen LogP contribution in [0.5, 0.6) is 0 Å². The Hall–Kier alpha value is -1.39. The van der Waals surface area contributed by atoms with Crippen LogP contribution in [0.25, 0.3) is 0 Å². The molecule has 0 amide bonds. The van der Waals surface area contributed by atoms with E-state index >= 15 is 26.3 Å². The van der Waals surface area contributed by atoms with Gasteiger partial charge in [-0.2, -0.15) is 26.3 Å². The summed E-state index contributed by atoms with van der Waals surface area (Å²) in [5.41, 5.74) is -2.61. The van der Waals surface area contributed by atoms with E-state index in [1.54, 1.807) is 13.8 Å². The Kier molecular flexibility index (Phi) is 10.4. The van der Waals surface area contributed by atoms with Gasteiger partial charge < -0.3 is 33.5 Å². The first-order valence-electron chi connectivity index (χ1n) is 20.4. The van der Waals surface area contributed by atoms with Crippen molar-refractivity contribution in [3.8, 4) is 0 Å². The molecular weight excluding hydrogens is 776 g/mol. The first kappa shape index (κ1) is 42.3. The molecule has 13 nitrogen and oxygen atoms in total. The maximum atomic E-state index is 15.4. The maximum Gasteiger partial charge on any atom is 0.443 e. The number of ether oxygens (including phenoxy) is 6. The van der Waals surface area contributed by atoms with Crippen molar-refractivity contribution in [1.29, 1.82) is 0 Å². The number of halogens is 6. The molecule has 0 radical (unpaired) electrons. The molecule has 0 aromatic rings. The van der Waals surface area contributed by atoms with E-state index in [2.05, 4.69) is 0 Å². The van der Waals surface area contributed by atoms with Crippen molar-refractivity contribution >= 4 is 5.97 Å². The van der Waals surface area contributed by atoms with Gasteiger partial charge in [0.25, 0.3) is 11.6 Å². The van der Waals surface area contributed by atoms with Gasteiger partial charge in [0.1, 0.15) is 0 Å². The normalized spacial score (nSPS) is 50.5. The fourth-order valence-electron chi connectivity index (χ4n) is 12.1. The molecule has 16 atom stereocenters. The number of carbonyl (C=O) groups is 1. The molecule has 2 spiro atoms. The molecule has 19 heteroatoms. The van der Waals surface area contributed by atoms with Crippen LogP contribution in [0.3, 0.4) is 0 Å². The van der Waals surface area contributed by atoms with E-state index in [0.29, 0.717) is 51.4 Å². The SMILES string of the molecule is C[C@@H]1CC[C@H]2[C@@H](C)[C@](OCCN(CCO[C@@]3(C(F)(F)F)O[C@@H]4O[C@@]5(C)CC[C@H]6[C@H](C)CC[C@@H]([C@H]3C)[C@@]46OO5)CC(=O)O)(C(F)(F)F)O[C@@H]3O[C@@]4(C)CC[C@@H]1[C@]32OO4. The molecule has 0 aromatic carbocycles. The highest BCUT2D eigenvalue weighted by atomic mass is 19.4. The monoisotopic (exact) mass is 831 g/mol. The first-order valence-corrected chi connectivity index (χ1v) is 20.4. The summed E-state index contributed by atoms with van der Waals surface area (Å²) >= 11 is 0. The largest absolute Gasteiger partial charge is 0.480 e. The lowest BCUT2D eigenvalue weighted by Gasteiger charge is -2.63. The summed E-state index contributed by atoms with van der Waals surface area (Å²) in [6, 6.07) is 0. The van der Waals surface area contributed by atoms with Gasteiger partial charge in [0.2, 0.25) is 11.6 Å². The smallest absolute Gasteiger partial charge is 0.443 e. The molecule has 57 heavy (non-hydrogen) atoms. The van der Waals surface area contributed by atoms with Gasteiger partial charge >= 0.3 is 18.3 Å². The molecule has 8 heterocycles. The van der Waals surface area contributed by atoms with E-state index in [9.17, 15) is 9.90 Å². The summed E-state index contributed by atoms with van der Waals surface area (Å²) in [4.78, 5) is 36.5. The summed E-state index contributed by atoms with van der Waals surface area (Å²) in [6.07, 6.45) is -9.14. The molecular formula is C38H55F6NO12. The zero-order valence-electron chi connectivity index (χ0n) is 33.1. The Morgan fingerprint density at radius 2 is 1.04 bits per heavy atom. The van der Waals surface area contributed by atoms with E-state index in [-0.39, 0.29) is 23.7 Å². The highest BCUT2D eigenvalue weighted by molar-refractivity contribution is 5.69. The molecule has 8 aliphatic heterocycles. The average Bonchev–Trinajstić information content (AvgIpc) is 3.49. The lowest BCUT2D eigenvalue weighted by atomic mass is 9.57. The van der Waals surface area contributed by atoms with Crippen LogP contribution in [0, 0.1) is 47.3 Å². The van der Waals surface area contributed by atoms with Crippen molar-refractivity contribution in [3.63, 3.8) is 0 Å². The third-order valence-corrected chi connectivity index (χ3v) is 15.1. The van der Waals surface area contributed by atoms with Crippen LogP contribution >= 0.6 is 0 Å². The maximum absolute atomic E-state index is 15.4. The van der Waals surface area contributed by atoms with Gasteiger partial charge in [0.05, 0.1) is 19.8 Å². The number of carboxylic acid groups (broad SMARTS) is 1. The summed E-state index contributed by atoms with van der Waals surface area (Å²) in [5, 5.41) is 9.73. The van der Waals surface area contributed by atoms with Crippen LogP contribution in [0.2, 0.25) is 0 Å². The number of aliphatic carboxylic acids is 1. The van der Waals surface area contributed by atoms with Crippen LogP contribution in [0.1, 0.15) is 92.9 Å². The van der Waals surface area contributed by atoms with Crippen molar-refractivity contribution in [2.24, 2.45) is 47.3 Å². The zero-order chi connectivity index (χ0) is 41.2. The molecule has 10 aliphatic rings. The van der Waals surface area contributed by atoms with Gasteiger partial charge in [0.15, 0.2) is 23.8 Å². The predicted octanol–water partition coefficient (Wildman–Crippen LogP) is 6.69. The van der Waals surface area contributed by atoms with Crippen LogP contribution in [-0.2, 0) is 52.8 Å². The summed E-state index contributed by atoms with van der Waals surface area (Å²) in [5.74, 6) is -14.7. The molecule has 2 saturated carbocycles. The minimum atomic E-state index is -5.07. The Bertz CT molecular complexity index is 1440. The fourth-order valence-corrected chi connectivity index (χ4v) is 12.1. The summed E-state index contributed by atoms with van der Waals surface area (Å²) < 4.78 is 128. The van der Waals surface area contributed by atoms with E-state index < -0.39 is 122 Å². The summed E-state index contributed by atoms with van der Waals surface area (Å²) in [6.45, 7) is 7.08. The number of nitrogens with zero attached hydrogens (tertiary/aromatic N) is 1. The highest BCUT2D eigenvalue weighted by Crippen LogP contribution is 2.66. The lowest BCUT2D eigenvalue weighted by Crippen LogP contribution is -2.76. The number of alkyl halides is 6. The predicted molar refractivity (Wildman–Crippen MR) is 180 cm³/mol. The lowest BCUT2D eigenvalue weighted by molar-refractivity contribution is -0.599. The standard InChI is InChI=1S/C38H55F6NO12/c1-20-7-9-26-22(3)35(37(39,40)41,52-29-33(26)24(20)11-13-31(5,50-29)54-56-33)48-17-15-45(19-28(46)47)16-18-49-36(38(42,43)44)23(4)27-10-8-21(2)25-12-14-32(6)51-30(53-36)34(25,27)57-55-32/h20-27,29-30H,7-19H2,1-6H3,(H,46,47)/t20-,21-,22-,23-,24+,25+,26+,27+,29+,30+,31-,32-,33-,34-,35-,36-/m1/s1. The third-order valence-electron chi connectivity index (χ3n) is 15.1. The van der Waals surface area contributed by atoms with Crippen LogP contribution in [0.15, 0.2) is 0 Å². The summed E-state index contributed by atoms with van der Waals surface area (Å²) in [7, 11) is 0. The Morgan fingerprint density at radius 3 is 1.40 bits per heavy atom. The molecule has 0 unspecified atom stereocenters. The van der Waals surface area contributed by atoms with E-state index in [1.165, 1.54) is 13.8 Å². The first-order chi connectivity index (χ1) is 26.6. The minimum absolute atomic E-state index is 0.0987. The van der Waals surface area contributed by atoms with E-state index in [1.807, 2.05) is 13.8 Å². The van der Waals surface area contributed by atoms with Crippen LogP contribution in [0.4, 0.5) is 26.3 Å². The van der Waals surface area contributed by atoms with Gasteiger partial charge in [-0.05, 0) is 76.0 Å². The average molecular weight is 832 g/mol. The fraction of sp³-hybridized carbons (Fsp3) is 0.974. The second-order valence-corrected chi connectivity index (χ2v) is 18.3. The number of rotatable bonds is 10. The number of carboxylic acids is 1. The van der Waals surface area contributed by atoms with E-state index in [0.717, 1.165) is 4.90 Å². The topological polar surface area (TPSA) is 133 Å². The highest BCUT2D eigenvalue weighted by Gasteiger charge is 2.79. The third kappa shape index (κ3) is 6.32. The van der Waals surface area contributed by atoms with Crippen molar-refractivity contribution < 1.29 is 84.2 Å². The molecule has 4 bridgehead atoms. The molecule has 2 aliphatic carbocycles. The molecule has 8 saturated heterocycles. The Labute approximate surface area is 327 Å². The molecule has 326 valence electrons. The van der Waals surface area contributed by atoms with Gasteiger partial charge in [-0.15, -0.1) is 0 Å². The quantitative estimate of drug-likeness (QED) is 0.186. The molecule has 0 aromatic heterocycles. The number of hydrogen-bond acceptors (Lipinski definition) is 12. The van der Waals surface area contributed by atoms with Crippen molar-refractivity contribution in [3.05, 3.63) is 0 Å². The number of fused-ring (bicyclic) bond motifs is 4. The Morgan fingerprint density at radius 1 is 0.632 bits per heavy atom. The zero-order valence-corrected chi connectivity index (χ0v) is 33.1. The van der Waals surface area contributed by atoms with Gasteiger partial charge in [-0.1, -0.05) is 27.7 Å². The Balaban J connectivity index is 0.998. The number of hydrogen-bond donors (Lipinski definition) is 1. The second-order valence-electron chi connectivity index (χ2n) is 18.3. The van der Waals surface area contributed by atoms with Crippen molar-refractivity contribution in [1.82, 2.24) is 4.90 Å². The van der Waals surface area contributed by atoms with Crippen LogP contribution < -0.4 is 0 Å². The van der Waals surface area contributed by atoms with Crippen molar-refractivity contribution in [2.75, 3.05) is 32.8 Å². The van der Waals surface area contributed by atoms with Gasteiger partial charge in [-0.25, -0.2) is 19.6 Å². The molecule has 1 N–H and O–H groups in total. The van der Waals surface area contributed by atoms with Gasteiger partial charge in [0, 0.05) is 49.6 Å². The van der Waals surface area contributed by atoms with Gasteiger partial charge in [-0.3, -0.25) is 9.69 Å². The molecule has 10 fully saturated rings. The minimum Gasteiger partial charge on any atom is -0.480 e.